The van der Waals surface area contributed by atoms with Gasteiger partial charge in [-0.3, -0.25) is 9.82 Å². The molecule has 126 valence electrons. The van der Waals surface area contributed by atoms with Crippen molar-refractivity contribution in [1.29, 1.82) is 0 Å². The van der Waals surface area contributed by atoms with Crippen LogP contribution in [0.2, 0.25) is 0 Å². The Morgan fingerprint density at radius 2 is 2.04 bits per heavy atom. The molecule has 0 bridgehead atoms. The van der Waals surface area contributed by atoms with Crippen LogP contribution in [-0.4, -0.2) is 25.7 Å². The van der Waals surface area contributed by atoms with Crippen molar-refractivity contribution in [3.8, 4) is 0 Å². The van der Waals surface area contributed by atoms with Crippen LogP contribution in [0.4, 0.5) is 5.82 Å². The van der Waals surface area contributed by atoms with Gasteiger partial charge in [-0.15, -0.1) is 0 Å². The van der Waals surface area contributed by atoms with Crippen molar-refractivity contribution in [2.24, 2.45) is 5.73 Å². The zero-order valence-corrected chi connectivity index (χ0v) is 13.9. The molecule has 1 aromatic carbocycles. The minimum Gasteiger partial charge on any atom is -0.501 e. The standard InChI is InChI=1S/C16H18N4O3S/c1-23-14-9-13(17)10-16(11-14,12-5-3-2-4-6-12)24(21,22)20-15-7-8-18-19-15/h2-10H,11,17H2,1H3,(H2,18,19,20). The minimum absolute atomic E-state index is 0.137. The number of methoxy groups -OCH3 is 1. The number of ether oxygens (including phenoxy) is 1. The number of aromatic amines is 1. The normalized spacial score (nSPS) is 20.9. The number of nitrogens with two attached hydrogens (primary N) is 1. The van der Waals surface area contributed by atoms with Crippen LogP contribution in [-0.2, 0) is 19.5 Å². The molecule has 1 aliphatic rings. The lowest BCUT2D eigenvalue weighted by Crippen LogP contribution is -2.41. The van der Waals surface area contributed by atoms with E-state index in [1.165, 1.54) is 13.3 Å². The molecule has 8 heteroatoms. The first-order valence-corrected chi connectivity index (χ1v) is 8.75. The highest BCUT2D eigenvalue weighted by molar-refractivity contribution is 7.93. The molecule has 7 nitrogen and oxygen atoms in total. The summed E-state index contributed by atoms with van der Waals surface area (Å²) < 4.78 is 32.9. The molecule has 2 aromatic rings. The average molecular weight is 346 g/mol. The fraction of sp³-hybridized carbons (Fsp3) is 0.188. The van der Waals surface area contributed by atoms with E-state index in [4.69, 9.17) is 10.5 Å². The monoisotopic (exact) mass is 346 g/mol. The lowest BCUT2D eigenvalue weighted by molar-refractivity contribution is 0.266. The molecule has 1 heterocycles. The Kier molecular flexibility index (Phi) is 4.06. The fourth-order valence-electron chi connectivity index (χ4n) is 2.77. The van der Waals surface area contributed by atoms with Crippen LogP contribution in [0, 0.1) is 0 Å². The topological polar surface area (TPSA) is 110 Å². The number of rotatable bonds is 5. The summed E-state index contributed by atoms with van der Waals surface area (Å²) in [5, 5.41) is 6.36. The number of hydrogen-bond donors (Lipinski definition) is 3. The molecule has 0 saturated carbocycles. The van der Waals surface area contributed by atoms with Gasteiger partial charge < -0.3 is 10.5 Å². The number of benzene rings is 1. The van der Waals surface area contributed by atoms with E-state index >= 15 is 0 Å². The Morgan fingerprint density at radius 1 is 1.29 bits per heavy atom. The highest BCUT2D eigenvalue weighted by atomic mass is 32.2. The molecule has 1 aliphatic carbocycles. The number of nitrogens with one attached hydrogen (secondary N) is 2. The van der Waals surface area contributed by atoms with Crippen LogP contribution in [0.3, 0.4) is 0 Å². The summed E-state index contributed by atoms with van der Waals surface area (Å²) in [4.78, 5) is 0. The van der Waals surface area contributed by atoms with Crippen LogP contribution in [0.25, 0.3) is 0 Å². The molecule has 4 N–H and O–H groups in total. The van der Waals surface area contributed by atoms with Gasteiger partial charge in [-0.25, -0.2) is 8.42 Å². The molecule has 0 radical (unpaired) electrons. The van der Waals surface area contributed by atoms with Gasteiger partial charge in [0.15, 0.2) is 0 Å². The van der Waals surface area contributed by atoms with E-state index in [9.17, 15) is 8.42 Å². The van der Waals surface area contributed by atoms with E-state index in [0.29, 0.717) is 17.0 Å². The smallest absolute Gasteiger partial charge is 0.248 e. The lowest BCUT2D eigenvalue weighted by Gasteiger charge is -2.34. The van der Waals surface area contributed by atoms with Gasteiger partial charge in [-0.1, -0.05) is 30.3 Å². The number of aromatic nitrogens is 2. The highest BCUT2D eigenvalue weighted by Crippen LogP contribution is 2.42. The number of nitrogens with zero attached hydrogens (tertiary/aromatic N) is 1. The third-order valence-corrected chi connectivity index (χ3v) is 5.86. The van der Waals surface area contributed by atoms with Gasteiger partial charge in [0.1, 0.15) is 10.6 Å². The average Bonchev–Trinajstić information content (AvgIpc) is 3.07. The van der Waals surface area contributed by atoms with Crippen LogP contribution in [0.5, 0.6) is 0 Å². The molecule has 0 amide bonds. The number of allylic oxidation sites excluding steroid dienone is 2. The molecule has 0 saturated heterocycles. The maximum Gasteiger partial charge on any atom is 0.248 e. The Morgan fingerprint density at radius 3 is 2.67 bits per heavy atom. The van der Waals surface area contributed by atoms with E-state index in [-0.39, 0.29) is 12.2 Å². The van der Waals surface area contributed by atoms with Crippen molar-refractivity contribution < 1.29 is 13.2 Å². The van der Waals surface area contributed by atoms with Gasteiger partial charge in [0.2, 0.25) is 10.0 Å². The number of sulfonamides is 1. The van der Waals surface area contributed by atoms with Crippen molar-refractivity contribution in [3.05, 3.63) is 71.8 Å². The molecule has 0 fully saturated rings. The van der Waals surface area contributed by atoms with Crippen molar-refractivity contribution in [2.75, 3.05) is 11.8 Å². The van der Waals surface area contributed by atoms with Crippen LogP contribution in [0.1, 0.15) is 12.0 Å². The van der Waals surface area contributed by atoms with E-state index in [2.05, 4.69) is 14.9 Å². The van der Waals surface area contributed by atoms with Gasteiger partial charge in [0.05, 0.1) is 19.1 Å². The maximum atomic E-state index is 13.2. The van der Waals surface area contributed by atoms with E-state index in [1.807, 2.05) is 6.07 Å². The quantitative estimate of drug-likeness (QED) is 0.765. The van der Waals surface area contributed by atoms with Crippen molar-refractivity contribution >= 4 is 15.8 Å². The molecule has 0 spiro atoms. The molecule has 0 aliphatic heterocycles. The maximum absolute atomic E-state index is 13.2. The third kappa shape index (κ3) is 2.76. The molecule has 24 heavy (non-hydrogen) atoms. The predicted molar refractivity (Wildman–Crippen MR) is 91.2 cm³/mol. The Balaban J connectivity index is 2.15. The number of H-pyrrole nitrogens is 1. The van der Waals surface area contributed by atoms with Gasteiger partial charge in [0, 0.05) is 18.2 Å². The molecule has 1 aromatic heterocycles. The largest absolute Gasteiger partial charge is 0.501 e. The summed E-state index contributed by atoms with van der Waals surface area (Å²) in [6.45, 7) is 0. The van der Waals surface area contributed by atoms with Crippen LogP contribution in [0.15, 0.2) is 66.2 Å². The highest BCUT2D eigenvalue weighted by Gasteiger charge is 2.46. The van der Waals surface area contributed by atoms with Crippen molar-refractivity contribution in [2.45, 2.75) is 11.2 Å². The molecule has 1 unspecified atom stereocenters. The first-order chi connectivity index (χ1) is 11.5. The third-order valence-electron chi connectivity index (χ3n) is 3.91. The summed E-state index contributed by atoms with van der Waals surface area (Å²) in [5.41, 5.74) is 6.91. The van der Waals surface area contributed by atoms with Gasteiger partial charge in [-0.2, -0.15) is 5.10 Å². The first kappa shape index (κ1) is 16.1. The molecule has 1 atom stereocenters. The second-order valence-corrected chi connectivity index (χ2v) is 7.41. The van der Waals surface area contributed by atoms with Gasteiger partial charge >= 0.3 is 0 Å². The van der Waals surface area contributed by atoms with E-state index in [1.54, 1.807) is 42.5 Å². The van der Waals surface area contributed by atoms with Crippen LogP contribution < -0.4 is 10.5 Å². The second kappa shape index (κ2) is 6.04. The summed E-state index contributed by atoms with van der Waals surface area (Å²) in [6, 6.07) is 10.5. The Bertz CT molecular complexity index is 873. The van der Waals surface area contributed by atoms with Gasteiger partial charge in [0.25, 0.3) is 0 Å². The predicted octanol–water partition coefficient (Wildman–Crippen LogP) is 1.82. The zero-order chi connectivity index (χ0) is 17.2. The first-order valence-electron chi connectivity index (χ1n) is 7.27. The lowest BCUT2D eigenvalue weighted by atomic mass is 9.89. The molecule has 3 rings (SSSR count). The van der Waals surface area contributed by atoms with Crippen molar-refractivity contribution in [3.63, 3.8) is 0 Å². The zero-order valence-electron chi connectivity index (χ0n) is 13.1. The Labute approximate surface area is 140 Å². The summed E-state index contributed by atoms with van der Waals surface area (Å²) >= 11 is 0. The molecular formula is C16H18N4O3S. The Hall–Kier alpha value is -2.74. The van der Waals surface area contributed by atoms with E-state index < -0.39 is 14.8 Å². The van der Waals surface area contributed by atoms with Crippen LogP contribution >= 0.6 is 0 Å². The second-order valence-electron chi connectivity index (χ2n) is 5.47. The molecular weight excluding hydrogens is 328 g/mol. The van der Waals surface area contributed by atoms with E-state index in [0.717, 1.165) is 0 Å². The SMILES string of the molecule is COC1=CC(N)=CC(c2ccccc2)(S(=O)(=O)Nc2ccn[nH]2)C1. The number of hydrogen-bond acceptors (Lipinski definition) is 5. The van der Waals surface area contributed by atoms with Crippen molar-refractivity contribution in [1.82, 2.24) is 10.2 Å². The fourth-order valence-corrected chi connectivity index (χ4v) is 4.43. The van der Waals surface area contributed by atoms with Gasteiger partial charge in [-0.05, 0) is 17.7 Å². The summed E-state index contributed by atoms with van der Waals surface area (Å²) in [6.07, 6.45) is 4.78. The summed E-state index contributed by atoms with van der Waals surface area (Å²) in [5.74, 6) is 0.777. The number of anilines is 1. The minimum atomic E-state index is -3.90. The summed E-state index contributed by atoms with van der Waals surface area (Å²) in [7, 11) is -2.40.